The first-order valence-corrected chi connectivity index (χ1v) is 10.1. The summed E-state index contributed by atoms with van der Waals surface area (Å²) in [6, 6.07) is 5.98. The molecule has 5 heteroatoms. The van der Waals surface area contributed by atoms with Crippen LogP contribution in [0, 0.1) is 36.0 Å². The molecule has 4 rings (SSSR count). The van der Waals surface area contributed by atoms with Crippen molar-refractivity contribution in [2.45, 2.75) is 45.4 Å². The summed E-state index contributed by atoms with van der Waals surface area (Å²) in [4.78, 5) is 21.9. The van der Waals surface area contributed by atoms with Gasteiger partial charge in [-0.05, 0) is 56.6 Å². The fraction of sp³-hybridized carbons (Fsp3) is 0.667. The molecule has 3 aliphatic rings. The molecule has 3 heterocycles. The molecule has 2 saturated heterocycles. The van der Waals surface area contributed by atoms with E-state index in [9.17, 15) is 10.1 Å². The number of hydrogen-bond donors (Lipinski definition) is 0. The van der Waals surface area contributed by atoms with Crippen molar-refractivity contribution in [1.29, 1.82) is 5.26 Å². The number of aromatic nitrogens is 1. The number of hydrogen-bond acceptors (Lipinski definition) is 4. The maximum Gasteiger partial charge on any atom is 0.225 e. The van der Waals surface area contributed by atoms with E-state index < -0.39 is 0 Å². The van der Waals surface area contributed by atoms with E-state index in [1.54, 1.807) is 0 Å². The number of carbonyl (C=O) groups is 1. The first-order chi connectivity index (χ1) is 12.7. The number of pyridine rings is 1. The van der Waals surface area contributed by atoms with E-state index in [4.69, 9.17) is 0 Å². The lowest BCUT2D eigenvalue weighted by molar-refractivity contribution is -0.135. The Hall–Kier alpha value is -2.09. The van der Waals surface area contributed by atoms with Gasteiger partial charge in [-0.3, -0.25) is 4.79 Å². The second-order valence-corrected chi connectivity index (χ2v) is 8.24. The zero-order valence-corrected chi connectivity index (χ0v) is 15.7. The van der Waals surface area contributed by atoms with Crippen molar-refractivity contribution in [3.63, 3.8) is 0 Å². The molecule has 0 radical (unpaired) electrons. The second-order valence-electron chi connectivity index (χ2n) is 8.24. The van der Waals surface area contributed by atoms with Gasteiger partial charge in [-0.25, -0.2) is 4.98 Å². The Morgan fingerprint density at radius 2 is 1.77 bits per heavy atom. The molecule has 1 aliphatic carbocycles. The van der Waals surface area contributed by atoms with E-state index in [1.807, 2.05) is 19.1 Å². The van der Waals surface area contributed by atoms with Crippen molar-refractivity contribution in [3.8, 4) is 6.07 Å². The molecule has 1 amide bonds. The normalized spacial score (nSPS) is 26.5. The Morgan fingerprint density at radius 3 is 2.38 bits per heavy atom. The zero-order chi connectivity index (χ0) is 18.1. The monoisotopic (exact) mass is 352 g/mol. The highest BCUT2D eigenvalue weighted by Gasteiger charge is 2.39. The first kappa shape index (κ1) is 17.3. The van der Waals surface area contributed by atoms with Crippen LogP contribution in [0.1, 0.15) is 49.8 Å². The van der Waals surface area contributed by atoms with E-state index in [-0.39, 0.29) is 5.92 Å². The average molecular weight is 352 g/mol. The summed E-state index contributed by atoms with van der Waals surface area (Å²) < 4.78 is 0. The van der Waals surface area contributed by atoms with Crippen LogP contribution in [0.5, 0.6) is 0 Å². The summed E-state index contributed by atoms with van der Waals surface area (Å²) >= 11 is 0. The minimum Gasteiger partial charge on any atom is -0.355 e. The maximum absolute atomic E-state index is 13.0. The molecular formula is C21H28N4O. The minimum atomic E-state index is 0.141. The number of carbonyl (C=O) groups excluding carboxylic acids is 1. The van der Waals surface area contributed by atoms with E-state index in [0.29, 0.717) is 11.5 Å². The van der Waals surface area contributed by atoms with Gasteiger partial charge in [-0.15, -0.1) is 0 Å². The van der Waals surface area contributed by atoms with Gasteiger partial charge in [-0.2, -0.15) is 5.26 Å². The van der Waals surface area contributed by atoms with Crippen LogP contribution < -0.4 is 4.90 Å². The van der Waals surface area contributed by atoms with E-state index >= 15 is 0 Å². The molecule has 5 nitrogen and oxygen atoms in total. The van der Waals surface area contributed by atoms with Gasteiger partial charge in [-0.1, -0.05) is 12.8 Å². The Kier molecular flexibility index (Phi) is 4.84. The molecule has 3 fully saturated rings. The van der Waals surface area contributed by atoms with Gasteiger partial charge in [0.05, 0.1) is 5.56 Å². The van der Waals surface area contributed by atoms with Crippen LogP contribution >= 0.6 is 0 Å². The lowest BCUT2D eigenvalue weighted by atomic mass is 9.82. The van der Waals surface area contributed by atoms with Crippen LogP contribution in [0.2, 0.25) is 0 Å². The second kappa shape index (κ2) is 7.26. The third-order valence-corrected chi connectivity index (χ3v) is 6.57. The molecule has 0 spiro atoms. The van der Waals surface area contributed by atoms with Crippen LogP contribution in [-0.4, -0.2) is 42.0 Å². The fourth-order valence-corrected chi connectivity index (χ4v) is 5.05. The zero-order valence-electron chi connectivity index (χ0n) is 15.7. The maximum atomic E-state index is 13.0. The molecule has 1 aromatic heterocycles. The van der Waals surface area contributed by atoms with Crippen LogP contribution in [0.3, 0.4) is 0 Å². The SMILES string of the molecule is Cc1ccc(C#N)c(N2CCC(C(=O)N3CC4CCCCC4C3)CC2)n1. The number of likely N-dealkylation sites (tertiary alicyclic amines) is 1. The molecular weight excluding hydrogens is 324 g/mol. The Bertz CT molecular complexity index is 703. The highest BCUT2D eigenvalue weighted by molar-refractivity contribution is 5.79. The largest absolute Gasteiger partial charge is 0.355 e. The Labute approximate surface area is 156 Å². The van der Waals surface area contributed by atoms with Gasteiger partial charge in [0.1, 0.15) is 11.9 Å². The summed E-state index contributed by atoms with van der Waals surface area (Å²) in [5, 5.41) is 9.35. The van der Waals surface area contributed by atoms with Gasteiger partial charge in [0.15, 0.2) is 0 Å². The Morgan fingerprint density at radius 1 is 1.12 bits per heavy atom. The van der Waals surface area contributed by atoms with Crippen molar-refractivity contribution in [2.75, 3.05) is 31.1 Å². The lowest BCUT2D eigenvalue weighted by Gasteiger charge is -2.34. The predicted octanol–water partition coefficient (Wildman–Crippen LogP) is 3.13. The fourth-order valence-electron chi connectivity index (χ4n) is 5.05. The number of rotatable bonds is 2. The van der Waals surface area contributed by atoms with Crippen LogP contribution in [0.4, 0.5) is 5.82 Å². The van der Waals surface area contributed by atoms with Gasteiger partial charge in [0, 0.05) is 37.8 Å². The van der Waals surface area contributed by atoms with E-state index in [0.717, 1.165) is 62.4 Å². The van der Waals surface area contributed by atoms with Crippen molar-refractivity contribution in [3.05, 3.63) is 23.4 Å². The van der Waals surface area contributed by atoms with Crippen LogP contribution in [-0.2, 0) is 4.79 Å². The topological polar surface area (TPSA) is 60.2 Å². The summed E-state index contributed by atoms with van der Waals surface area (Å²) in [5.74, 6) is 2.80. The number of fused-ring (bicyclic) bond motifs is 1. The molecule has 2 aliphatic heterocycles. The Balaban J connectivity index is 1.37. The standard InChI is InChI=1S/C21H28N4O/c1-15-6-7-17(12-22)20(23-15)24-10-8-16(9-11-24)21(26)25-13-18-4-2-3-5-19(18)14-25/h6-7,16,18-19H,2-5,8-11,13-14H2,1H3. The molecule has 0 bridgehead atoms. The van der Waals surface area contributed by atoms with E-state index in [2.05, 4.69) is 20.9 Å². The first-order valence-electron chi connectivity index (χ1n) is 10.1. The van der Waals surface area contributed by atoms with Crippen molar-refractivity contribution in [1.82, 2.24) is 9.88 Å². The van der Waals surface area contributed by atoms with Gasteiger partial charge >= 0.3 is 0 Å². The highest BCUT2D eigenvalue weighted by Crippen LogP contribution is 2.37. The van der Waals surface area contributed by atoms with Crippen molar-refractivity contribution >= 4 is 11.7 Å². The summed E-state index contributed by atoms with van der Waals surface area (Å²) in [7, 11) is 0. The minimum absolute atomic E-state index is 0.141. The summed E-state index contributed by atoms with van der Waals surface area (Å²) in [6.07, 6.45) is 7.03. The molecule has 2 unspecified atom stereocenters. The average Bonchev–Trinajstić information content (AvgIpc) is 3.12. The van der Waals surface area contributed by atoms with Gasteiger partial charge in [0.25, 0.3) is 0 Å². The number of nitrogens with zero attached hydrogens (tertiary/aromatic N) is 4. The molecule has 138 valence electrons. The molecule has 1 saturated carbocycles. The smallest absolute Gasteiger partial charge is 0.225 e. The third kappa shape index (κ3) is 3.30. The molecule has 2 atom stereocenters. The summed E-state index contributed by atoms with van der Waals surface area (Å²) in [5.41, 5.74) is 1.56. The molecule has 26 heavy (non-hydrogen) atoms. The number of aryl methyl sites for hydroxylation is 1. The van der Waals surface area contributed by atoms with Crippen LogP contribution in [0.15, 0.2) is 12.1 Å². The molecule has 0 aromatic carbocycles. The molecule has 1 aromatic rings. The van der Waals surface area contributed by atoms with Crippen molar-refractivity contribution < 1.29 is 4.79 Å². The number of amides is 1. The molecule has 0 N–H and O–H groups in total. The quantitative estimate of drug-likeness (QED) is 0.820. The van der Waals surface area contributed by atoms with Crippen LogP contribution in [0.25, 0.3) is 0 Å². The number of anilines is 1. The highest BCUT2D eigenvalue weighted by atomic mass is 16.2. The number of nitriles is 1. The lowest BCUT2D eigenvalue weighted by Crippen LogP contribution is -2.42. The third-order valence-electron chi connectivity index (χ3n) is 6.57. The van der Waals surface area contributed by atoms with Crippen molar-refractivity contribution in [2.24, 2.45) is 17.8 Å². The van der Waals surface area contributed by atoms with Gasteiger partial charge < -0.3 is 9.80 Å². The predicted molar refractivity (Wildman–Crippen MR) is 101 cm³/mol. The van der Waals surface area contributed by atoms with E-state index in [1.165, 1.54) is 25.7 Å². The van der Waals surface area contributed by atoms with Gasteiger partial charge in [0.2, 0.25) is 5.91 Å². The number of piperidine rings is 1. The summed E-state index contributed by atoms with van der Waals surface area (Å²) in [6.45, 7) is 5.54.